The number of hydrogen-bond donors (Lipinski definition) is 1. The van der Waals surface area contributed by atoms with E-state index in [0.29, 0.717) is 24.1 Å². The van der Waals surface area contributed by atoms with Gasteiger partial charge in [0.2, 0.25) is 0 Å². The third kappa shape index (κ3) is 3.07. The Hall–Kier alpha value is -2.42. The van der Waals surface area contributed by atoms with Gasteiger partial charge in [0.05, 0.1) is 30.6 Å². The van der Waals surface area contributed by atoms with E-state index in [0.717, 1.165) is 6.42 Å². The number of halogens is 1. The van der Waals surface area contributed by atoms with E-state index in [1.165, 1.54) is 25.3 Å². The summed E-state index contributed by atoms with van der Waals surface area (Å²) in [5.74, 6) is -2.56. The second-order valence-corrected chi connectivity index (χ2v) is 6.74. The molecule has 0 radical (unpaired) electrons. The highest BCUT2D eigenvalue weighted by Gasteiger charge is 2.57. The first-order valence-electron chi connectivity index (χ1n) is 8.88. The van der Waals surface area contributed by atoms with Crippen molar-refractivity contribution in [1.82, 2.24) is 0 Å². The molecule has 0 saturated heterocycles. The highest BCUT2D eigenvalue weighted by Crippen LogP contribution is 2.53. The molecule has 0 amide bonds. The van der Waals surface area contributed by atoms with E-state index in [1.807, 2.05) is 13.8 Å². The van der Waals surface area contributed by atoms with Gasteiger partial charge in [0.15, 0.2) is 0 Å². The lowest BCUT2D eigenvalue weighted by molar-refractivity contribution is -0.153. The van der Waals surface area contributed by atoms with E-state index < -0.39 is 35.1 Å². The van der Waals surface area contributed by atoms with Crippen LogP contribution in [0.5, 0.6) is 5.75 Å². The number of carboxylic acids is 1. The Kier molecular flexibility index (Phi) is 6.01. The first kappa shape index (κ1) is 19.9. The van der Waals surface area contributed by atoms with E-state index in [1.54, 1.807) is 6.92 Å². The predicted octanol–water partition coefficient (Wildman–Crippen LogP) is 4.18. The number of aliphatic carboxylic acids is 1. The van der Waals surface area contributed by atoms with Crippen LogP contribution in [0.1, 0.15) is 51.5 Å². The van der Waals surface area contributed by atoms with Gasteiger partial charge < -0.3 is 9.84 Å². The van der Waals surface area contributed by atoms with Crippen molar-refractivity contribution in [1.29, 1.82) is 5.26 Å². The van der Waals surface area contributed by atoms with Gasteiger partial charge in [-0.1, -0.05) is 26.3 Å². The maximum atomic E-state index is 13.7. The molecule has 6 heteroatoms. The maximum Gasteiger partial charge on any atom is 0.312 e. The van der Waals surface area contributed by atoms with Gasteiger partial charge in [-0.3, -0.25) is 9.79 Å². The first-order chi connectivity index (χ1) is 12.4. The Bertz CT molecular complexity index is 756. The Morgan fingerprint density at radius 3 is 2.65 bits per heavy atom. The molecule has 26 heavy (non-hydrogen) atoms. The van der Waals surface area contributed by atoms with Crippen LogP contribution in [0.3, 0.4) is 0 Å². The SMILES string of the molecule is CCCC1N=C(C)C(C#N)C(c2ccc(F)cc2OC)C1(CC)C(=O)O. The Balaban J connectivity index is 2.81. The predicted molar refractivity (Wildman–Crippen MR) is 97.0 cm³/mol. The van der Waals surface area contributed by atoms with E-state index in [9.17, 15) is 19.6 Å². The summed E-state index contributed by atoms with van der Waals surface area (Å²) in [4.78, 5) is 17.1. The molecule has 1 aliphatic heterocycles. The van der Waals surface area contributed by atoms with E-state index in [4.69, 9.17) is 4.74 Å². The molecule has 0 aliphatic carbocycles. The summed E-state index contributed by atoms with van der Waals surface area (Å²) in [5, 5.41) is 20.0. The molecule has 1 aromatic carbocycles. The van der Waals surface area contributed by atoms with Gasteiger partial charge in [0, 0.05) is 23.3 Å². The molecule has 0 aromatic heterocycles. The number of hydrogen-bond acceptors (Lipinski definition) is 4. The van der Waals surface area contributed by atoms with Gasteiger partial charge in [-0.05, 0) is 25.8 Å². The molecule has 1 aromatic rings. The Morgan fingerprint density at radius 2 is 2.15 bits per heavy atom. The summed E-state index contributed by atoms with van der Waals surface area (Å²) in [6.07, 6.45) is 1.70. The molecule has 0 spiro atoms. The van der Waals surface area contributed by atoms with Gasteiger partial charge >= 0.3 is 5.97 Å². The fourth-order valence-electron chi connectivity index (χ4n) is 4.23. The van der Waals surface area contributed by atoms with Gasteiger partial charge in [-0.2, -0.15) is 5.26 Å². The number of benzene rings is 1. The zero-order valence-corrected chi connectivity index (χ0v) is 15.6. The van der Waals surface area contributed by atoms with E-state index in [2.05, 4.69) is 11.1 Å². The van der Waals surface area contributed by atoms with Crippen LogP contribution in [0.2, 0.25) is 0 Å². The van der Waals surface area contributed by atoms with Gasteiger partial charge in [0.25, 0.3) is 0 Å². The highest BCUT2D eigenvalue weighted by molar-refractivity contribution is 5.92. The van der Waals surface area contributed by atoms with Crippen molar-refractivity contribution in [2.24, 2.45) is 16.3 Å². The average molecular weight is 360 g/mol. The zero-order chi connectivity index (χ0) is 19.5. The van der Waals surface area contributed by atoms with Crippen molar-refractivity contribution in [3.63, 3.8) is 0 Å². The molecular formula is C20H25FN2O3. The number of rotatable bonds is 6. The second kappa shape index (κ2) is 7.86. The first-order valence-corrected chi connectivity index (χ1v) is 8.88. The smallest absolute Gasteiger partial charge is 0.312 e. The minimum atomic E-state index is -1.25. The standard InChI is InChI=1S/C20H25FN2O3/c1-5-7-17-20(6-2,19(24)25)18(15(11-22)12(3)23-17)14-9-8-13(21)10-16(14)26-4/h8-10,15,17-18H,5-7H2,1-4H3,(H,24,25). The molecule has 0 bridgehead atoms. The monoisotopic (exact) mass is 360 g/mol. The minimum absolute atomic E-state index is 0.263. The molecular weight excluding hydrogens is 335 g/mol. The normalized spacial score (nSPS) is 28.2. The van der Waals surface area contributed by atoms with Crippen molar-refractivity contribution >= 4 is 11.7 Å². The molecule has 140 valence electrons. The van der Waals surface area contributed by atoms with Crippen molar-refractivity contribution in [2.75, 3.05) is 7.11 Å². The minimum Gasteiger partial charge on any atom is -0.496 e. The molecule has 5 nitrogen and oxygen atoms in total. The van der Waals surface area contributed by atoms with Crippen LogP contribution in [-0.2, 0) is 4.79 Å². The van der Waals surface area contributed by atoms with Gasteiger partial charge in [0.1, 0.15) is 11.6 Å². The lowest BCUT2D eigenvalue weighted by Gasteiger charge is -2.46. The molecule has 0 saturated carbocycles. The van der Waals surface area contributed by atoms with Crippen molar-refractivity contribution in [3.05, 3.63) is 29.6 Å². The van der Waals surface area contributed by atoms with E-state index >= 15 is 0 Å². The molecule has 4 atom stereocenters. The molecule has 4 unspecified atom stereocenters. The number of carboxylic acid groups (broad SMARTS) is 1. The third-order valence-corrected chi connectivity index (χ3v) is 5.51. The van der Waals surface area contributed by atoms with Gasteiger partial charge in [-0.25, -0.2) is 4.39 Å². The van der Waals surface area contributed by atoms with Crippen LogP contribution >= 0.6 is 0 Å². The average Bonchev–Trinajstić information content (AvgIpc) is 2.61. The lowest BCUT2D eigenvalue weighted by atomic mass is 9.58. The number of nitriles is 1. The number of aliphatic imine (C=N–C) groups is 1. The summed E-state index contributed by atoms with van der Waals surface area (Å²) >= 11 is 0. The third-order valence-electron chi connectivity index (χ3n) is 5.51. The summed E-state index contributed by atoms with van der Waals surface area (Å²) in [7, 11) is 1.42. The Labute approximate surface area is 153 Å². The summed E-state index contributed by atoms with van der Waals surface area (Å²) < 4.78 is 19.0. The molecule has 2 rings (SSSR count). The zero-order valence-electron chi connectivity index (χ0n) is 15.6. The summed E-state index contributed by atoms with van der Waals surface area (Å²) in [5.41, 5.74) is -0.0891. The van der Waals surface area contributed by atoms with E-state index in [-0.39, 0.29) is 5.75 Å². The second-order valence-electron chi connectivity index (χ2n) is 6.74. The fraction of sp³-hybridized carbons (Fsp3) is 0.550. The number of nitrogens with zero attached hydrogens (tertiary/aromatic N) is 2. The quantitative estimate of drug-likeness (QED) is 0.825. The van der Waals surface area contributed by atoms with Crippen molar-refractivity contribution < 1.29 is 19.0 Å². The molecule has 1 N–H and O–H groups in total. The van der Waals surface area contributed by atoms with Crippen molar-refractivity contribution in [2.45, 2.75) is 52.0 Å². The number of methoxy groups -OCH3 is 1. The summed E-state index contributed by atoms with van der Waals surface area (Å²) in [6.45, 7) is 5.56. The Morgan fingerprint density at radius 1 is 1.46 bits per heavy atom. The van der Waals surface area contributed by atoms with Crippen molar-refractivity contribution in [3.8, 4) is 11.8 Å². The summed E-state index contributed by atoms with van der Waals surface area (Å²) in [6, 6.07) is 5.85. The molecule has 1 heterocycles. The van der Waals surface area contributed by atoms with Crippen LogP contribution in [0, 0.1) is 28.5 Å². The van der Waals surface area contributed by atoms with Crippen LogP contribution in [0.25, 0.3) is 0 Å². The number of carbonyl (C=O) groups is 1. The van der Waals surface area contributed by atoms with Crippen LogP contribution < -0.4 is 4.74 Å². The van der Waals surface area contributed by atoms with Gasteiger partial charge in [-0.15, -0.1) is 0 Å². The van der Waals surface area contributed by atoms with Crippen LogP contribution in [0.15, 0.2) is 23.2 Å². The largest absolute Gasteiger partial charge is 0.496 e. The maximum absolute atomic E-state index is 13.7. The number of ether oxygens (including phenoxy) is 1. The fourth-order valence-corrected chi connectivity index (χ4v) is 4.23. The van der Waals surface area contributed by atoms with Crippen LogP contribution in [-0.4, -0.2) is 29.9 Å². The van der Waals surface area contributed by atoms with Crippen LogP contribution in [0.4, 0.5) is 4.39 Å². The highest BCUT2D eigenvalue weighted by atomic mass is 19.1. The molecule has 1 aliphatic rings. The lowest BCUT2D eigenvalue weighted by Crippen LogP contribution is -2.52. The molecule has 0 fully saturated rings. The topological polar surface area (TPSA) is 82.7 Å².